The minimum absolute atomic E-state index is 0.0686. The molecule has 1 aliphatic rings. The van der Waals surface area contributed by atoms with Crippen molar-refractivity contribution in [3.05, 3.63) is 71.2 Å². The summed E-state index contributed by atoms with van der Waals surface area (Å²) < 4.78 is 23.8. The number of rotatable bonds is 3. The number of halogens is 1. The highest BCUT2D eigenvalue weighted by molar-refractivity contribution is 5.94. The van der Waals surface area contributed by atoms with E-state index < -0.39 is 0 Å². The molecule has 2 heterocycles. The number of benzene rings is 2. The van der Waals surface area contributed by atoms with E-state index in [9.17, 15) is 9.18 Å². The predicted molar refractivity (Wildman–Crippen MR) is 93.3 cm³/mol. The van der Waals surface area contributed by atoms with Crippen LogP contribution >= 0.6 is 0 Å². The fourth-order valence-corrected chi connectivity index (χ4v) is 3.17. The molecule has 1 amide bonds. The van der Waals surface area contributed by atoms with Crippen LogP contribution in [-0.4, -0.2) is 29.6 Å². The molecule has 0 radical (unpaired) electrons. The van der Waals surface area contributed by atoms with E-state index in [0.717, 1.165) is 16.8 Å². The lowest BCUT2D eigenvalue weighted by Gasteiger charge is -2.26. The third-order valence-electron chi connectivity index (χ3n) is 4.55. The van der Waals surface area contributed by atoms with E-state index in [1.807, 2.05) is 0 Å². The molecule has 0 saturated carbocycles. The highest BCUT2D eigenvalue weighted by Crippen LogP contribution is 2.31. The molecule has 0 aliphatic carbocycles. The third kappa shape index (κ3) is 2.94. The summed E-state index contributed by atoms with van der Waals surface area (Å²) in [5.74, 6) is 0.931. The van der Waals surface area contributed by atoms with Crippen LogP contribution in [0.5, 0.6) is 5.75 Å². The van der Waals surface area contributed by atoms with Crippen LogP contribution in [0.2, 0.25) is 0 Å². The first-order chi connectivity index (χ1) is 12.7. The molecule has 5 nitrogen and oxygen atoms in total. The first kappa shape index (κ1) is 16.3. The van der Waals surface area contributed by atoms with Crippen molar-refractivity contribution in [2.24, 2.45) is 0 Å². The zero-order valence-electron chi connectivity index (χ0n) is 14.2. The molecule has 6 heteroatoms. The number of ether oxygens (including phenoxy) is 1. The van der Waals surface area contributed by atoms with Crippen molar-refractivity contribution < 1.29 is 18.4 Å². The molecule has 26 heavy (non-hydrogen) atoms. The van der Waals surface area contributed by atoms with Gasteiger partial charge in [0.1, 0.15) is 17.3 Å². The van der Waals surface area contributed by atoms with Gasteiger partial charge in [-0.2, -0.15) is 0 Å². The van der Waals surface area contributed by atoms with Crippen molar-refractivity contribution in [3.63, 3.8) is 0 Å². The van der Waals surface area contributed by atoms with Crippen molar-refractivity contribution in [1.29, 1.82) is 0 Å². The molecule has 0 saturated heterocycles. The molecule has 2 aromatic carbocycles. The molecular formula is C20H17FN2O3. The van der Waals surface area contributed by atoms with Gasteiger partial charge in [-0.3, -0.25) is 4.79 Å². The summed E-state index contributed by atoms with van der Waals surface area (Å²) in [5, 5.41) is 4.13. The van der Waals surface area contributed by atoms with Crippen molar-refractivity contribution >= 4 is 5.91 Å². The van der Waals surface area contributed by atoms with Gasteiger partial charge in [-0.1, -0.05) is 11.2 Å². The molecule has 3 aromatic rings. The Hall–Kier alpha value is -3.15. The molecule has 0 N–H and O–H groups in total. The minimum atomic E-state index is -0.294. The zero-order valence-corrected chi connectivity index (χ0v) is 14.2. The van der Waals surface area contributed by atoms with E-state index in [1.165, 1.54) is 12.1 Å². The molecule has 0 bridgehead atoms. The van der Waals surface area contributed by atoms with Crippen LogP contribution in [0.25, 0.3) is 11.3 Å². The summed E-state index contributed by atoms with van der Waals surface area (Å²) in [5.41, 5.74) is 3.08. The maximum atomic E-state index is 13.1. The van der Waals surface area contributed by atoms with E-state index >= 15 is 0 Å². The standard InChI is InChI=1S/C20H17FN2O3/c1-25-16-4-2-3-14(11-16)20(24)23-10-9-17-18(12-23)22-26-19(17)13-5-7-15(21)8-6-13/h2-8,11H,9-10,12H2,1H3. The Kier molecular flexibility index (Phi) is 4.16. The van der Waals surface area contributed by atoms with E-state index in [1.54, 1.807) is 48.4 Å². The van der Waals surface area contributed by atoms with E-state index in [4.69, 9.17) is 9.26 Å². The summed E-state index contributed by atoms with van der Waals surface area (Å²) in [6.45, 7) is 0.953. The normalized spacial score (nSPS) is 13.4. The number of carbonyl (C=O) groups excluding carboxylic acids is 1. The van der Waals surface area contributed by atoms with Crippen LogP contribution < -0.4 is 4.74 Å². The molecule has 1 aliphatic heterocycles. The second-order valence-corrected chi connectivity index (χ2v) is 6.15. The second-order valence-electron chi connectivity index (χ2n) is 6.15. The summed E-state index contributed by atoms with van der Waals surface area (Å²) in [6, 6.07) is 13.2. The lowest BCUT2D eigenvalue weighted by atomic mass is 10.00. The Morgan fingerprint density at radius 1 is 1.23 bits per heavy atom. The lowest BCUT2D eigenvalue weighted by Crippen LogP contribution is -2.35. The molecule has 0 unspecified atom stereocenters. The van der Waals surface area contributed by atoms with Crippen molar-refractivity contribution in [3.8, 4) is 17.1 Å². The first-order valence-corrected chi connectivity index (χ1v) is 8.32. The highest BCUT2D eigenvalue weighted by Gasteiger charge is 2.27. The van der Waals surface area contributed by atoms with Gasteiger partial charge in [-0.05, 0) is 48.9 Å². The maximum Gasteiger partial charge on any atom is 0.254 e. The Bertz CT molecular complexity index is 950. The topological polar surface area (TPSA) is 55.6 Å². The Morgan fingerprint density at radius 2 is 2.04 bits per heavy atom. The van der Waals surface area contributed by atoms with Crippen LogP contribution in [0.3, 0.4) is 0 Å². The lowest BCUT2D eigenvalue weighted by molar-refractivity contribution is 0.0731. The average molecular weight is 352 g/mol. The second kappa shape index (κ2) is 6.63. The minimum Gasteiger partial charge on any atom is -0.497 e. The van der Waals surface area contributed by atoms with E-state index in [0.29, 0.717) is 36.6 Å². The van der Waals surface area contributed by atoms with Crippen molar-refractivity contribution in [2.75, 3.05) is 13.7 Å². The van der Waals surface area contributed by atoms with Crippen LogP contribution in [0, 0.1) is 5.82 Å². The summed E-state index contributed by atoms with van der Waals surface area (Å²) >= 11 is 0. The summed E-state index contributed by atoms with van der Waals surface area (Å²) in [7, 11) is 1.57. The number of amides is 1. The number of fused-ring (bicyclic) bond motifs is 1. The molecular weight excluding hydrogens is 335 g/mol. The molecule has 132 valence electrons. The molecule has 0 atom stereocenters. The van der Waals surface area contributed by atoms with Gasteiger partial charge in [0, 0.05) is 23.2 Å². The third-order valence-corrected chi connectivity index (χ3v) is 4.55. The number of methoxy groups -OCH3 is 1. The SMILES string of the molecule is COc1cccc(C(=O)N2CCc3c(noc3-c3ccc(F)cc3)C2)c1. The first-order valence-electron chi connectivity index (χ1n) is 8.32. The van der Waals surface area contributed by atoms with Gasteiger partial charge in [-0.15, -0.1) is 0 Å². The van der Waals surface area contributed by atoms with Crippen molar-refractivity contribution in [1.82, 2.24) is 10.1 Å². The van der Waals surface area contributed by atoms with Crippen LogP contribution in [0.1, 0.15) is 21.6 Å². The highest BCUT2D eigenvalue weighted by atomic mass is 19.1. The molecule has 0 spiro atoms. The number of hydrogen-bond donors (Lipinski definition) is 0. The quantitative estimate of drug-likeness (QED) is 0.721. The summed E-state index contributed by atoms with van der Waals surface area (Å²) in [6.07, 6.45) is 0.640. The number of nitrogens with zero attached hydrogens (tertiary/aromatic N) is 2. The largest absolute Gasteiger partial charge is 0.497 e. The average Bonchev–Trinajstić information content (AvgIpc) is 3.11. The number of hydrogen-bond acceptors (Lipinski definition) is 4. The molecule has 0 fully saturated rings. The molecule has 1 aromatic heterocycles. The van der Waals surface area contributed by atoms with Gasteiger partial charge in [0.05, 0.1) is 13.7 Å². The van der Waals surface area contributed by atoms with Gasteiger partial charge in [-0.25, -0.2) is 4.39 Å². The molecule has 4 rings (SSSR count). The van der Waals surface area contributed by atoms with Crippen LogP contribution in [0.15, 0.2) is 53.1 Å². The number of aromatic nitrogens is 1. The fraction of sp³-hybridized carbons (Fsp3) is 0.200. The Labute approximate surface area is 150 Å². The van der Waals surface area contributed by atoms with Gasteiger partial charge in [0.15, 0.2) is 5.76 Å². The summed E-state index contributed by atoms with van der Waals surface area (Å²) in [4.78, 5) is 14.5. The van der Waals surface area contributed by atoms with Gasteiger partial charge < -0.3 is 14.2 Å². The van der Waals surface area contributed by atoms with E-state index in [-0.39, 0.29) is 11.7 Å². The van der Waals surface area contributed by atoms with Crippen LogP contribution in [0.4, 0.5) is 4.39 Å². The van der Waals surface area contributed by atoms with E-state index in [2.05, 4.69) is 5.16 Å². The predicted octanol–water partition coefficient (Wildman–Crippen LogP) is 3.69. The Morgan fingerprint density at radius 3 is 2.81 bits per heavy atom. The zero-order chi connectivity index (χ0) is 18.1. The smallest absolute Gasteiger partial charge is 0.254 e. The monoisotopic (exact) mass is 352 g/mol. The van der Waals surface area contributed by atoms with Crippen LogP contribution in [-0.2, 0) is 13.0 Å². The maximum absolute atomic E-state index is 13.1. The van der Waals surface area contributed by atoms with Gasteiger partial charge in [0.2, 0.25) is 0 Å². The number of carbonyl (C=O) groups is 1. The van der Waals surface area contributed by atoms with Gasteiger partial charge in [0.25, 0.3) is 5.91 Å². The van der Waals surface area contributed by atoms with Crippen molar-refractivity contribution in [2.45, 2.75) is 13.0 Å². The Balaban J connectivity index is 1.57. The van der Waals surface area contributed by atoms with Gasteiger partial charge >= 0.3 is 0 Å². The fourth-order valence-electron chi connectivity index (χ4n) is 3.17.